The van der Waals surface area contributed by atoms with E-state index < -0.39 is 0 Å². The Balaban J connectivity index is 1.11. The Kier molecular flexibility index (Phi) is 5.80. The van der Waals surface area contributed by atoms with Crippen LogP contribution in [0.4, 0.5) is 11.6 Å². The van der Waals surface area contributed by atoms with E-state index in [1.165, 1.54) is 18.4 Å². The van der Waals surface area contributed by atoms with Crippen LogP contribution in [0, 0.1) is 6.92 Å². The standard InChI is InChI=1S/C30H32N8/c1-20-27(21-7-3-2-4-8-21)36-28(34-20)22-10-15-38(16-11-22)30-24-18-25(35-29(24)32-19-33-30)23-9-12-31-26(17-23)37-13-5-6-14-37/h2-4,7-9,12,17-19,22H,5-6,10-11,13-16H2,1H3,(H,34,36)(H,32,33,35). The van der Waals surface area contributed by atoms with Crippen molar-refractivity contribution in [3.63, 3.8) is 0 Å². The fraction of sp³-hybridized carbons (Fsp3) is 0.333. The van der Waals surface area contributed by atoms with E-state index in [4.69, 9.17) is 9.97 Å². The zero-order valence-corrected chi connectivity index (χ0v) is 21.7. The van der Waals surface area contributed by atoms with Crippen LogP contribution in [0.3, 0.4) is 0 Å². The molecular formula is C30H32N8. The molecule has 8 heteroatoms. The minimum atomic E-state index is 0.419. The van der Waals surface area contributed by atoms with Crippen LogP contribution in [-0.4, -0.2) is 56.1 Å². The molecule has 192 valence electrons. The molecule has 8 nitrogen and oxygen atoms in total. The Morgan fingerprint density at radius 1 is 0.816 bits per heavy atom. The van der Waals surface area contributed by atoms with Crippen LogP contribution in [0.1, 0.15) is 43.1 Å². The van der Waals surface area contributed by atoms with E-state index in [0.717, 1.165) is 90.2 Å². The number of H-pyrrole nitrogens is 2. The first-order valence-corrected chi connectivity index (χ1v) is 13.6. The van der Waals surface area contributed by atoms with Crippen molar-refractivity contribution in [2.45, 2.75) is 38.5 Å². The molecule has 0 radical (unpaired) electrons. The maximum Gasteiger partial charge on any atom is 0.143 e. The number of aromatic nitrogens is 6. The van der Waals surface area contributed by atoms with Gasteiger partial charge in [-0.3, -0.25) is 0 Å². The molecule has 7 rings (SSSR count). The van der Waals surface area contributed by atoms with Gasteiger partial charge in [0.2, 0.25) is 0 Å². The van der Waals surface area contributed by atoms with Gasteiger partial charge in [0.15, 0.2) is 0 Å². The van der Waals surface area contributed by atoms with Crippen molar-refractivity contribution in [3.8, 4) is 22.5 Å². The van der Waals surface area contributed by atoms with E-state index in [9.17, 15) is 0 Å². The number of anilines is 2. The summed E-state index contributed by atoms with van der Waals surface area (Å²) < 4.78 is 0. The number of nitrogens with zero attached hydrogens (tertiary/aromatic N) is 6. The fourth-order valence-electron chi connectivity index (χ4n) is 5.96. The number of aromatic amines is 2. The molecule has 5 aromatic rings. The van der Waals surface area contributed by atoms with E-state index in [1.807, 2.05) is 12.3 Å². The molecule has 0 bridgehead atoms. The lowest BCUT2D eigenvalue weighted by molar-refractivity contribution is 0.487. The van der Waals surface area contributed by atoms with Crippen LogP contribution in [0.15, 0.2) is 61.1 Å². The number of imidazole rings is 1. The van der Waals surface area contributed by atoms with Gasteiger partial charge >= 0.3 is 0 Å². The normalized spacial score (nSPS) is 16.6. The third kappa shape index (κ3) is 4.20. The van der Waals surface area contributed by atoms with E-state index >= 15 is 0 Å². The Morgan fingerprint density at radius 3 is 2.45 bits per heavy atom. The van der Waals surface area contributed by atoms with Crippen LogP contribution >= 0.6 is 0 Å². The smallest absolute Gasteiger partial charge is 0.143 e. The van der Waals surface area contributed by atoms with Crippen LogP contribution in [0.25, 0.3) is 33.5 Å². The molecule has 2 aliphatic heterocycles. The highest BCUT2D eigenvalue weighted by molar-refractivity contribution is 5.92. The number of hydrogen-bond acceptors (Lipinski definition) is 6. The minimum Gasteiger partial charge on any atom is -0.357 e. The Morgan fingerprint density at radius 2 is 1.63 bits per heavy atom. The predicted octanol–water partition coefficient (Wildman–Crippen LogP) is 5.70. The number of fused-ring (bicyclic) bond motifs is 1. The van der Waals surface area contributed by atoms with Gasteiger partial charge in [-0.1, -0.05) is 30.3 Å². The van der Waals surface area contributed by atoms with Crippen molar-refractivity contribution in [1.82, 2.24) is 29.9 Å². The highest BCUT2D eigenvalue weighted by atomic mass is 15.2. The average Bonchev–Trinajstić information content (AvgIpc) is 3.74. The molecule has 4 aromatic heterocycles. The van der Waals surface area contributed by atoms with Gasteiger partial charge in [-0.15, -0.1) is 0 Å². The summed E-state index contributed by atoms with van der Waals surface area (Å²) in [4.78, 5) is 30.8. The summed E-state index contributed by atoms with van der Waals surface area (Å²) >= 11 is 0. The van der Waals surface area contributed by atoms with E-state index in [-0.39, 0.29) is 0 Å². The second-order valence-electron chi connectivity index (χ2n) is 10.5. The molecule has 2 fully saturated rings. The van der Waals surface area contributed by atoms with Crippen LogP contribution in [0.2, 0.25) is 0 Å². The lowest BCUT2D eigenvalue weighted by Gasteiger charge is -2.32. The molecule has 6 heterocycles. The van der Waals surface area contributed by atoms with Crippen molar-refractivity contribution in [3.05, 3.63) is 72.6 Å². The van der Waals surface area contributed by atoms with Crippen molar-refractivity contribution >= 4 is 22.7 Å². The molecule has 1 aromatic carbocycles. The van der Waals surface area contributed by atoms with E-state index in [0.29, 0.717) is 5.92 Å². The third-order valence-electron chi connectivity index (χ3n) is 8.02. The summed E-state index contributed by atoms with van der Waals surface area (Å²) in [7, 11) is 0. The van der Waals surface area contributed by atoms with Crippen LogP contribution in [0.5, 0.6) is 0 Å². The first kappa shape index (κ1) is 23.0. The molecule has 2 aliphatic rings. The predicted molar refractivity (Wildman–Crippen MR) is 152 cm³/mol. The zero-order valence-electron chi connectivity index (χ0n) is 21.7. The number of pyridine rings is 1. The van der Waals surface area contributed by atoms with Gasteiger partial charge in [-0.05, 0) is 50.8 Å². The van der Waals surface area contributed by atoms with Crippen LogP contribution in [-0.2, 0) is 0 Å². The number of benzene rings is 1. The van der Waals surface area contributed by atoms with Gasteiger partial charge in [0.25, 0.3) is 0 Å². The molecule has 2 saturated heterocycles. The Labute approximate surface area is 222 Å². The molecule has 0 unspecified atom stereocenters. The van der Waals surface area contributed by atoms with Gasteiger partial charge in [-0.25, -0.2) is 19.9 Å². The summed E-state index contributed by atoms with van der Waals surface area (Å²) in [6.07, 6.45) is 8.13. The molecule has 0 aliphatic carbocycles. The zero-order chi connectivity index (χ0) is 25.5. The second kappa shape index (κ2) is 9.59. The maximum atomic E-state index is 5.01. The molecular weight excluding hydrogens is 472 g/mol. The van der Waals surface area contributed by atoms with Gasteiger partial charge in [0.1, 0.15) is 29.4 Å². The van der Waals surface area contributed by atoms with Crippen molar-refractivity contribution in [1.29, 1.82) is 0 Å². The second-order valence-corrected chi connectivity index (χ2v) is 10.5. The molecule has 2 N–H and O–H groups in total. The highest BCUT2D eigenvalue weighted by Gasteiger charge is 2.26. The largest absolute Gasteiger partial charge is 0.357 e. The van der Waals surface area contributed by atoms with Gasteiger partial charge in [0, 0.05) is 60.8 Å². The molecule has 38 heavy (non-hydrogen) atoms. The summed E-state index contributed by atoms with van der Waals surface area (Å²) in [6, 6.07) is 16.9. The molecule has 0 spiro atoms. The fourth-order valence-corrected chi connectivity index (χ4v) is 5.96. The summed E-state index contributed by atoms with van der Waals surface area (Å²) in [5.74, 6) is 3.58. The molecule has 0 saturated carbocycles. The molecule has 0 atom stereocenters. The van der Waals surface area contributed by atoms with Crippen molar-refractivity contribution in [2.75, 3.05) is 36.0 Å². The molecule has 0 amide bonds. The van der Waals surface area contributed by atoms with E-state index in [1.54, 1.807) is 6.33 Å². The number of rotatable bonds is 5. The lowest BCUT2D eigenvalue weighted by atomic mass is 9.96. The first-order chi connectivity index (χ1) is 18.7. The van der Waals surface area contributed by atoms with Gasteiger partial charge < -0.3 is 19.8 Å². The summed E-state index contributed by atoms with van der Waals surface area (Å²) in [5.41, 5.74) is 6.42. The lowest BCUT2D eigenvalue weighted by Crippen LogP contribution is -2.33. The van der Waals surface area contributed by atoms with Crippen molar-refractivity contribution in [2.24, 2.45) is 0 Å². The first-order valence-electron chi connectivity index (χ1n) is 13.6. The number of hydrogen-bond donors (Lipinski definition) is 2. The van der Waals surface area contributed by atoms with Crippen molar-refractivity contribution < 1.29 is 0 Å². The number of nitrogens with one attached hydrogen (secondary N) is 2. The monoisotopic (exact) mass is 504 g/mol. The maximum absolute atomic E-state index is 5.01. The Hall–Kier alpha value is -4.20. The number of piperidine rings is 1. The quantitative estimate of drug-likeness (QED) is 0.319. The third-order valence-corrected chi connectivity index (χ3v) is 8.02. The van der Waals surface area contributed by atoms with Crippen LogP contribution < -0.4 is 9.80 Å². The topological polar surface area (TPSA) is 89.6 Å². The highest BCUT2D eigenvalue weighted by Crippen LogP contribution is 2.35. The summed E-state index contributed by atoms with van der Waals surface area (Å²) in [5, 5.41) is 1.07. The summed E-state index contributed by atoms with van der Waals surface area (Å²) in [6.45, 7) is 6.16. The van der Waals surface area contributed by atoms with Gasteiger partial charge in [-0.2, -0.15) is 0 Å². The number of aryl methyl sites for hydroxylation is 1. The van der Waals surface area contributed by atoms with Gasteiger partial charge in [0.05, 0.1) is 11.1 Å². The van der Waals surface area contributed by atoms with E-state index in [2.05, 4.69) is 79.1 Å². The average molecular weight is 505 g/mol. The minimum absolute atomic E-state index is 0.419. The Bertz CT molecular complexity index is 1560. The SMILES string of the molecule is Cc1[nH]c(C2CCN(c3ncnc4[nH]c(-c5ccnc(N6CCCC6)c5)cc34)CC2)nc1-c1ccccc1.